The Kier molecular flexibility index (Phi) is 52.1. The van der Waals surface area contributed by atoms with Crippen LogP contribution >= 0.6 is 0 Å². The highest BCUT2D eigenvalue weighted by Gasteiger charge is 2.19. The van der Waals surface area contributed by atoms with Crippen molar-refractivity contribution in [3.05, 3.63) is 146 Å². The fourth-order valence-electron chi connectivity index (χ4n) is 6.78. The number of unbranched alkanes of at least 4 members (excludes halogenated alkanes) is 12. The molecule has 0 aliphatic carbocycles. The summed E-state index contributed by atoms with van der Waals surface area (Å²) in [4.78, 5) is 38.1. The van der Waals surface area contributed by atoms with Crippen LogP contribution in [-0.4, -0.2) is 37.2 Å². The van der Waals surface area contributed by atoms with Gasteiger partial charge >= 0.3 is 17.9 Å². The second-order valence-electron chi connectivity index (χ2n) is 17.4. The van der Waals surface area contributed by atoms with Gasteiger partial charge in [-0.2, -0.15) is 0 Å². The van der Waals surface area contributed by atoms with E-state index in [1.807, 2.05) is 12.2 Å². The number of hydrogen-bond acceptors (Lipinski definition) is 6. The highest BCUT2D eigenvalue weighted by atomic mass is 16.6. The van der Waals surface area contributed by atoms with Gasteiger partial charge in [0.25, 0.3) is 0 Å². The predicted octanol–water partition coefficient (Wildman–Crippen LogP) is 18.4. The smallest absolute Gasteiger partial charge is 0.306 e. The van der Waals surface area contributed by atoms with Gasteiger partial charge in [0, 0.05) is 19.3 Å². The van der Waals surface area contributed by atoms with Crippen molar-refractivity contribution in [2.24, 2.45) is 0 Å². The molecule has 0 radical (unpaired) electrons. The van der Waals surface area contributed by atoms with Crippen molar-refractivity contribution in [3.8, 4) is 0 Å². The first kappa shape index (κ1) is 64.3. The monoisotopic (exact) mass is 951 g/mol. The van der Waals surface area contributed by atoms with E-state index in [-0.39, 0.29) is 44.0 Å². The molecule has 0 bridgehead atoms. The highest BCUT2D eigenvalue weighted by Crippen LogP contribution is 2.12. The molecule has 0 fully saturated rings. The summed E-state index contributed by atoms with van der Waals surface area (Å²) in [5.41, 5.74) is 0. The first-order chi connectivity index (χ1) is 34.0. The van der Waals surface area contributed by atoms with Crippen molar-refractivity contribution in [1.29, 1.82) is 0 Å². The summed E-state index contributed by atoms with van der Waals surface area (Å²) in [5, 5.41) is 0. The van der Waals surface area contributed by atoms with Crippen LogP contribution in [0.25, 0.3) is 0 Å². The summed E-state index contributed by atoms with van der Waals surface area (Å²) in [6.45, 7) is 6.26. The minimum Gasteiger partial charge on any atom is -0.462 e. The third kappa shape index (κ3) is 54.1. The SMILES string of the molecule is CC/C=C\C/C=C\C/C=C\C/C=C\C/C=C\C/C=C\CCC(=O)OC[C@H](COC(=O)CCCCCCCCC/C=C\C/C=C\CCCCC)OC(=O)CCCC/C=C\C/C=C\C/C=C\C/C=C\CC. The standard InChI is InChI=1S/C63H98O6/c1-4-7-10-13-16-19-22-25-28-30-31-33-36-38-41-44-47-50-53-56-62(65)68-59-60(69-63(66)57-54-51-48-45-42-39-34-27-24-21-18-15-12-9-6-3)58-67-61(64)55-52-49-46-43-40-37-35-32-29-26-23-20-17-14-11-8-5-2/h7,9-10,12,16-21,25-29,31,33-34,38,41-42,45,47,50,60H,4-6,8,11,13-15,22-24,30,32,35-37,39-40,43-44,46,48-49,51-59H2,1-3H3/b10-7-,12-9-,19-16-,20-17-,21-18-,28-25-,29-26-,33-31-,34-27-,41-38-,45-42-,50-47-/t60-/m0/s1. The minimum atomic E-state index is -0.840. The summed E-state index contributed by atoms with van der Waals surface area (Å²) in [7, 11) is 0. The van der Waals surface area contributed by atoms with Gasteiger partial charge in [0.1, 0.15) is 13.2 Å². The fraction of sp³-hybridized carbons (Fsp3) is 0.571. The maximum absolute atomic E-state index is 12.8. The molecule has 0 aromatic heterocycles. The van der Waals surface area contributed by atoms with Crippen molar-refractivity contribution < 1.29 is 28.6 Å². The average molecular weight is 951 g/mol. The molecule has 0 unspecified atom stereocenters. The average Bonchev–Trinajstić information content (AvgIpc) is 3.35. The largest absolute Gasteiger partial charge is 0.462 e. The van der Waals surface area contributed by atoms with Crippen LogP contribution in [0.1, 0.15) is 213 Å². The third-order valence-electron chi connectivity index (χ3n) is 10.8. The van der Waals surface area contributed by atoms with E-state index >= 15 is 0 Å². The van der Waals surface area contributed by atoms with Crippen LogP contribution in [-0.2, 0) is 28.6 Å². The number of allylic oxidation sites excluding steroid dienone is 24. The van der Waals surface area contributed by atoms with Crippen molar-refractivity contribution >= 4 is 17.9 Å². The quantitative estimate of drug-likeness (QED) is 0.0262. The number of ether oxygens (including phenoxy) is 3. The third-order valence-corrected chi connectivity index (χ3v) is 10.8. The number of rotatable bonds is 47. The molecule has 0 heterocycles. The maximum atomic E-state index is 12.8. The Hall–Kier alpha value is -4.71. The van der Waals surface area contributed by atoms with E-state index in [4.69, 9.17) is 14.2 Å². The minimum absolute atomic E-state index is 0.128. The molecule has 0 spiro atoms. The molecular weight excluding hydrogens is 853 g/mol. The molecule has 0 aromatic carbocycles. The van der Waals surface area contributed by atoms with Gasteiger partial charge in [0.05, 0.1) is 0 Å². The Bertz CT molecular complexity index is 1560. The van der Waals surface area contributed by atoms with Crippen molar-refractivity contribution in [1.82, 2.24) is 0 Å². The Labute approximate surface area is 423 Å². The molecule has 0 N–H and O–H groups in total. The molecule has 0 aliphatic heterocycles. The van der Waals surface area contributed by atoms with Gasteiger partial charge in [-0.25, -0.2) is 0 Å². The molecule has 6 heteroatoms. The van der Waals surface area contributed by atoms with E-state index in [0.29, 0.717) is 19.3 Å². The molecule has 69 heavy (non-hydrogen) atoms. The summed E-state index contributed by atoms with van der Waals surface area (Å²) in [6.07, 6.45) is 79.9. The second-order valence-corrected chi connectivity index (χ2v) is 17.4. The van der Waals surface area contributed by atoms with Crippen LogP contribution in [0.4, 0.5) is 0 Å². The van der Waals surface area contributed by atoms with E-state index in [1.165, 1.54) is 51.4 Å². The first-order valence-corrected chi connectivity index (χ1v) is 27.3. The first-order valence-electron chi connectivity index (χ1n) is 27.3. The summed E-state index contributed by atoms with van der Waals surface area (Å²) >= 11 is 0. The van der Waals surface area contributed by atoms with Crippen molar-refractivity contribution in [2.45, 2.75) is 219 Å². The molecule has 0 aliphatic rings. The van der Waals surface area contributed by atoms with Gasteiger partial charge in [0.15, 0.2) is 6.10 Å². The molecule has 0 aromatic rings. The normalized spacial score (nSPS) is 13.3. The zero-order valence-corrected chi connectivity index (χ0v) is 44.0. The van der Waals surface area contributed by atoms with E-state index < -0.39 is 6.10 Å². The summed E-state index contributed by atoms with van der Waals surface area (Å²) < 4.78 is 16.7. The molecule has 0 saturated carbocycles. The summed E-state index contributed by atoms with van der Waals surface area (Å²) in [6, 6.07) is 0. The lowest BCUT2D eigenvalue weighted by Crippen LogP contribution is -2.30. The zero-order valence-electron chi connectivity index (χ0n) is 44.0. The van der Waals surface area contributed by atoms with Gasteiger partial charge < -0.3 is 14.2 Å². The van der Waals surface area contributed by atoms with E-state index in [2.05, 4.69) is 154 Å². The molecule has 0 saturated heterocycles. The van der Waals surface area contributed by atoms with Crippen LogP contribution in [0.2, 0.25) is 0 Å². The number of esters is 3. The maximum Gasteiger partial charge on any atom is 0.306 e. The summed E-state index contributed by atoms with van der Waals surface area (Å²) in [5.74, 6) is -1.07. The topological polar surface area (TPSA) is 78.9 Å². The Balaban J connectivity index is 4.60. The lowest BCUT2D eigenvalue weighted by Gasteiger charge is -2.18. The molecule has 0 rings (SSSR count). The number of carbonyl (C=O) groups excluding carboxylic acids is 3. The highest BCUT2D eigenvalue weighted by molar-refractivity contribution is 5.71. The molecule has 0 amide bonds. The Morgan fingerprint density at radius 3 is 1.00 bits per heavy atom. The van der Waals surface area contributed by atoms with Gasteiger partial charge in [0.2, 0.25) is 0 Å². The van der Waals surface area contributed by atoms with Crippen LogP contribution < -0.4 is 0 Å². The molecule has 386 valence electrons. The van der Waals surface area contributed by atoms with E-state index in [9.17, 15) is 14.4 Å². The van der Waals surface area contributed by atoms with Crippen LogP contribution in [0.15, 0.2) is 146 Å². The van der Waals surface area contributed by atoms with Crippen LogP contribution in [0, 0.1) is 0 Å². The van der Waals surface area contributed by atoms with Crippen molar-refractivity contribution in [3.63, 3.8) is 0 Å². The van der Waals surface area contributed by atoms with Gasteiger partial charge in [-0.15, -0.1) is 0 Å². The van der Waals surface area contributed by atoms with Crippen LogP contribution in [0.3, 0.4) is 0 Å². The fourth-order valence-corrected chi connectivity index (χ4v) is 6.78. The van der Waals surface area contributed by atoms with E-state index in [0.717, 1.165) is 109 Å². The molecular formula is C63H98O6. The predicted molar refractivity (Wildman–Crippen MR) is 297 cm³/mol. The van der Waals surface area contributed by atoms with E-state index in [1.54, 1.807) is 0 Å². The van der Waals surface area contributed by atoms with Crippen molar-refractivity contribution in [2.75, 3.05) is 13.2 Å². The van der Waals surface area contributed by atoms with Gasteiger partial charge in [-0.3, -0.25) is 14.4 Å². The Morgan fingerprint density at radius 2 is 0.594 bits per heavy atom. The van der Waals surface area contributed by atoms with Gasteiger partial charge in [-0.05, 0) is 128 Å². The lowest BCUT2D eigenvalue weighted by atomic mass is 10.1. The Morgan fingerprint density at radius 1 is 0.304 bits per heavy atom. The number of hydrogen-bond donors (Lipinski definition) is 0. The number of carbonyl (C=O) groups is 3. The molecule has 6 nitrogen and oxygen atoms in total. The van der Waals surface area contributed by atoms with Gasteiger partial charge in [-0.1, -0.05) is 212 Å². The zero-order chi connectivity index (χ0) is 50.0. The second kappa shape index (κ2) is 55.9. The molecule has 1 atom stereocenters. The van der Waals surface area contributed by atoms with Crippen LogP contribution in [0.5, 0.6) is 0 Å². The lowest BCUT2D eigenvalue weighted by molar-refractivity contribution is -0.166.